The summed E-state index contributed by atoms with van der Waals surface area (Å²) in [6.07, 6.45) is 6.31. The van der Waals surface area contributed by atoms with Gasteiger partial charge in [0.05, 0.1) is 12.2 Å². The summed E-state index contributed by atoms with van der Waals surface area (Å²) in [6.45, 7) is 4.11. The molecule has 1 fully saturated rings. The maximum atomic E-state index is 10.9. The molecular weight excluding hydrogens is 254 g/mol. The fourth-order valence-electron chi connectivity index (χ4n) is 2.56. The average Bonchev–Trinajstić information content (AvgIpc) is 2.72. The van der Waals surface area contributed by atoms with Crippen molar-refractivity contribution in [2.75, 3.05) is 26.2 Å². The highest BCUT2D eigenvalue weighted by atomic mass is 16.5. The number of carboxylic acids is 1. The molecule has 20 heavy (non-hydrogen) atoms. The molecule has 0 radical (unpaired) electrons. The van der Waals surface area contributed by atoms with Crippen molar-refractivity contribution >= 4 is 5.97 Å². The van der Waals surface area contributed by atoms with Crippen LogP contribution in [0, 0.1) is 0 Å². The van der Waals surface area contributed by atoms with Crippen molar-refractivity contribution in [2.45, 2.75) is 32.1 Å². The van der Waals surface area contributed by atoms with Crippen LogP contribution in [0.5, 0.6) is 5.75 Å². The van der Waals surface area contributed by atoms with Crippen LogP contribution in [-0.4, -0.2) is 42.2 Å². The second-order valence-electron chi connectivity index (χ2n) is 5.29. The van der Waals surface area contributed by atoms with Gasteiger partial charge in [0.15, 0.2) is 0 Å². The smallest absolute Gasteiger partial charge is 0.335 e. The third kappa shape index (κ3) is 4.85. The Morgan fingerprint density at radius 3 is 2.65 bits per heavy atom. The third-order valence-corrected chi connectivity index (χ3v) is 3.67. The van der Waals surface area contributed by atoms with E-state index in [4.69, 9.17) is 9.84 Å². The van der Waals surface area contributed by atoms with E-state index in [1.165, 1.54) is 38.8 Å². The van der Waals surface area contributed by atoms with E-state index in [1.807, 2.05) is 0 Å². The summed E-state index contributed by atoms with van der Waals surface area (Å²) in [7, 11) is 0. The van der Waals surface area contributed by atoms with Crippen molar-refractivity contribution in [3.8, 4) is 5.75 Å². The van der Waals surface area contributed by atoms with Crippen molar-refractivity contribution in [1.82, 2.24) is 4.90 Å². The van der Waals surface area contributed by atoms with Crippen molar-refractivity contribution in [1.29, 1.82) is 0 Å². The van der Waals surface area contributed by atoms with Gasteiger partial charge in [-0.3, -0.25) is 0 Å². The first-order chi connectivity index (χ1) is 9.75. The van der Waals surface area contributed by atoms with Gasteiger partial charge in [0.1, 0.15) is 5.75 Å². The second-order valence-corrected chi connectivity index (χ2v) is 5.29. The zero-order chi connectivity index (χ0) is 14.2. The van der Waals surface area contributed by atoms with Gasteiger partial charge in [0, 0.05) is 6.54 Å². The van der Waals surface area contributed by atoms with Gasteiger partial charge in [0.25, 0.3) is 0 Å². The first kappa shape index (κ1) is 14.9. The molecule has 1 aromatic rings. The SMILES string of the molecule is O=C(O)c1cccc(OCCCN2CCCCCC2)c1. The Morgan fingerprint density at radius 1 is 1.20 bits per heavy atom. The minimum absolute atomic E-state index is 0.273. The summed E-state index contributed by atoms with van der Waals surface area (Å²) in [5, 5.41) is 8.92. The lowest BCUT2D eigenvalue weighted by Gasteiger charge is -2.19. The number of benzene rings is 1. The van der Waals surface area contributed by atoms with Crippen molar-refractivity contribution in [3.63, 3.8) is 0 Å². The normalized spacial score (nSPS) is 16.6. The summed E-state index contributed by atoms with van der Waals surface area (Å²) in [5.41, 5.74) is 0.273. The molecule has 1 aromatic carbocycles. The maximum Gasteiger partial charge on any atom is 0.335 e. The Labute approximate surface area is 120 Å². The molecule has 110 valence electrons. The number of carbonyl (C=O) groups is 1. The van der Waals surface area contributed by atoms with E-state index in [1.54, 1.807) is 24.3 Å². The number of aromatic carboxylic acids is 1. The van der Waals surface area contributed by atoms with Gasteiger partial charge in [-0.15, -0.1) is 0 Å². The average molecular weight is 277 g/mol. The lowest BCUT2D eigenvalue weighted by molar-refractivity contribution is 0.0696. The number of ether oxygens (including phenoxy) is 1. The van der Waals surface area contributed by atoms with Crippen molar-refractivity contribution < 1.29 is 14.6 Å². The number of hydrogen-bond donors (Lipinski definition) is 1. The first-order valence-electron chi connectivity index (χ1n) is 7.44. The van der Waals surface area contributed by atoms with Crippen LogP contribution >= 0.6 is 0 Å². The molecule has 4 heteroatoms. The fraction of sp³-hybridized carbons (Fsp3) is 0.562. The summed E-state index contributed by atoms with van der Waals surface area (Å²) in [4.78, 5) is 13.4. The molecule has 0 amide bonds. The van der Waals surface area contributed by atoms with Gasteiger partial charge in [-0.2, -0.15) is 0 Å². The van der Waals surface area contributed by atoms with Gasteiger partial charge >= 0.3 is 5.97 Å². The highest BCUT2D eigenvalue weighted by molar-refractivity contribution is 5.87. The summed E-state index contributed by atoms with van der Waals surface area (Å²) in [6, 6.07) is 6.67. The highest BCUT2D eigenvalue weighted by Gasteiger charge is 2.08. The van der Waals surface area contributed by atoms with Crippen LogP contribution in [0.25, 0.3) is 0 Å². The molecule has 1 N–H and O–H groups in total. The molecule has 1 aliphatic heterocycles. The zero-order valence-corrected chi connectivity index (χ0v) is 11.9. The van der Waals surface area contributed by atoms with Crippen LogP contribution in [0.1, 0.15) is 42.5 Å². The van der Waals surface area contributed by atoms with E-state index in [2.05, 4.69) is 4.90 Å². The molecule has 4 nitrogen and oxygen atoms in total. The van der Waals surface area contributed by atoms with Gasteiger partial charge in [0.2, 0.25) is 0 Å². The third-order valence-electron chi connectivity index (χ3n) is 3.67. The molecule has 0 saturated carbocycles. The fourth-order valence-corrected chi connectivity index (χ4v) is 2.56. The first-order valence-corrected chi connectivity index (χ1v) is 7.44. The van der Waals surface area contributed by atoms with Gasteiger partial charge in [-0.1, -0.05) is 18.9 Å². The van der Waals surface area contributed by atoms with Crippen LogP contribution in [0.15, 0.2) is 24.3 Å². The molecule has 0 unspecified atom stereocenters. The van der Waals surface area contributed by atoms with Crippen molar-refractivity contribution in [2.24, 2.45) is 0 Å². The lowest BCUT2D eigenvalue weighted by atomic mass is 10.2. The molecule has 2 rings (SSSR count). The molecule has 1 heterocycles. The lowest BCUT2D eigenvalue weighted by Crippen LogP contribution is -2.26. The van der Waals surface area contributed by atoms with Crippen LogP contribution in [0.3, 0.4) is 0 Å². The quantitative estimate of drug-likeness (QED) is 0.812. The maximum absolute atomic E-state index is 10.9. The Kier molecular flexibility index (Phi) is 5.87. The van der Waals surface area contributed by atoms with E-state index < -0.39 is 5.97 Å². The number of likely N-dealkylation sites (tertiary alicyclic amines) is 1. The number of carboxylic acid groups (broad SMARTS) is 1. The molecule has 0 aliphatic carbocycles. The van der Waals surface area contributed by atoms with Crippen LogP contribution in [0.4, 0.5) is 0 Å². The summed E-state index contributed by atoms with van der Waals surface area (Å²) in [5.74, 6) is -0.277. The highest BCUT2D eigenvalue weighted by Crippen LogP contribution is 2.14. The Morgan fingerprint density at radius 2 is 1.95 bits per heavy atom. The Balaban J connectivity index is 1.70. The largest absolute Gasteiger partial charge is 0.494 e. The molecule has 0 atom stereocenters. The van der Waals surface area contributed by atoms with Crippen LogP contribution < -0.4 is 4.74 Å². The standard InChI is InChI=1S/C16H23NO3/c18-16(19)14-7-5-8-15(13-14)20-12-6-11-17-9-3-1-2-4-10-17/h5,7-8,13H,1-4,6,9-12H2,(H,18,19). The molecule has 0 aromatic heterocycles. The van der Waals surface area contributed by atoms with E-state index >= 15 is 0 Å². The number of hydrogen-bond acceptors (Lipinski definition) is 3. The predicted molar refractivity (Wildman–Crippen MR) is 78.4 cm³/mol. The zero-order valence-electron chi connectivity index (χ0n) is 11.9. The van der Waals surface area contributed by atoms with Gasteiger partial charge in [-0.05, 0) is 50.6 Å². The molecule has 1 aliphatic rings. The monoisotopic (exact) mass is 277 g/mol. The summed E-state index contributed by atoms with van der Waals surface area (Å²) >= 11 is 0. The van der Waals surface area contributed by atoms with E-state index in [0.29, 0.717) is 12.4 Å². The second kappa shape index (κ2) is 7.90. The minimum Gasteiger partial charge on any atom is -0.494 e. The summed E-state index contributed by atoms with van der Waals surface area (Å²) < 4.78 is 5.63. The van der Waals surface area contributed by atoms with E-state index in [9.17, 15) is 4.79 Å². The Hall–Kier alpha value is -1.55. The molecule has 0 bridgehead atoms. The molecular formula is C16H23NO3. The van der Waals surface area contributed by atoms with Gasteiger partial charge in [-0.25, -0.2) is 4.79 Å². The number of rotatable bonds is 6. The Bertz CT molecular complexity index is 425. The van der Waals surface area contributed by atoms with E-state index in [-0.39, 0.29) is 5.56 Å². The molecule has 1 saturated heterocycles. The van der Waals surface area contributed by atoms with E-state index in [0.717, 1.165) is 13.0 Å². The van der Waals surface area contributed by atoms with Gasteiger partial charge < -0.3 is 14.7 Å². The topological polar surface area (TPSA) is 49.8 Å². The number of nitrogens with zero attached hydrogens (tertiary/aromatic N) is 1. The predicted octanol–water partition coefficient (Wildman–Crippen LogP) is 3.03. The van der Waals surface area contributed by atoms with Crippen molar-refractivity contribution in [3.05, 3.63) is 29.8 Å². The van der Waals surface area contributed by atoms with Crippen LogP contribution in [0.2, 0.25) is 0 Å². The minimum atomic E-state index is -0.917. The molecule has 0 spiro atoms. The van der Waals surface area contributed by atoms with Crippen LogP contribution in [-0.2, 0) is 0 Å².